The van der Waals surface area contributed by atoms with E-state index >= 15 is 0 Å². The van der Waals surface area contributed by atoms with Gasteiger partial charge in [-0.1, -0.05) is 37.1 Å². The lowest BCUT2D eigenvalue weighted by Gasteiger charge is -2.21. The van der Waals surface area contributed by atoms with Crippen LogP contribution in [0.25, 0.3) is 11.1 Å². The molecule has 1 aromatic heterocycles. The van der Waals surface area contributed by atoms with E-state index in [9.17, 15) is 0 Å². The Morgan fingerprint density at radius 3 is 2.59 bits per heavy atom. The molecule has 1 aromatic carbocycles. The van der Waals surface area contributed by atoms with Gasteiger partial charge in [0.2, 0.25) is 0 Å². The van der Waals surface area contributed by atoms with Gasteiger partial charge in [0.05, 0.1) is 6.20 Å². The van der Waals surface area contributed by atoms with Gasteiger partial charge in [-0.25, -0.2) is 0 Å². The van der Waals surface area contributed by atoms with Crippen LogP contribution in [-0.2, 0) is 0 Å². The maximum absolute atomic E-state index is 3.98. The second kappa shape index (κ2) is 4.74. The molecule has 2 nitrogen and oxygen atoms in total. The smallest absolute Gasteiger partial charge is 0.0565 e. The van der Waals surface area contributed by atoms with Crippen molar-refractivity contribution in [3.8, 4) is 11.1 Å². The summed E-state index contributed by atoms with van der Waals surface area (Å²) in [7, 11) is 0. The molecule has 2 aromatic rings. The zero-order valence-electron chi connectivity index (χ0n) is 9.89. The van der Waals surface area contributed by atoms with Gasteiger partial charge in [0.1, 0.15) is 0 Å². The van der Waals surface area contributed by atoms with Crippen LogP contribution in [0.5, 0.6) is 0 Å². The molecule has 0 bridgehead atoms. The van der Waals surface area contributed by atoms with E-state index in [1.165, 1.54) is 36.8 Å². The Bertz CT molecular complexity index is 450. The number of nitrogens with one attached hydrogen (secondary N) is 1. The average Bonchev–Trinajstić information content (AvgIpc) is 2.94. The Hall–Kier alpha value is -1.57. The van der Waals surface area contributed by atoms with Crippen molar-refractivity contribution < 1.29 is 0 Å². The van der Waals surface area contributed by atoms with Crippen LogP contribution in [0, 0.1) is 6.42 Å². The Labute approximate surface area is 102 Å². The first-order valence-electron chi connectivity index (χ1n) is 6.36. The highest BCUT2D eigenvalue weighted by Crippen LogP contribution is 2.32. The number of aromatic amines is 1. The van der Waals surface area contributed by atoms with E-state index in [2.05, 4.69) is 40.9 Å². The summed E-state index contributed by atoms with van der Waals surface area (Å²) >= 11 is 0. The van der Waals surface area contributed by atoms with Crippen molar-refractivity contribution in [3.05, 3.63) is 48.6 Å². The normalized spacial score (nSPS) is 17.2. The number of nitrogens with zero attached hydrogens (tertiary/aromatic N) is 1. The summed E-state index contributed by atoms with van der Waals surface area (Å²) in [6.07, 6.45) is 11.6. The second-order valence-electron chi connectivity index (χ2n) is 4.74. The molecule has 1 saturated carbocycles. The lowest BCUT2D eigenvalue weighted by molar-refractivity contribution is 0.534. The summed E-state index contributed by atoms with van der Waals surface area (Å²) in [5, 5.41) is 6.83. The highest BCUT2D eigenvalue weighted by Gasteiger charge is 2.15. The van der Waals surface area contributed by atoms with Crippen LogP contribution in [0.2, 0.25) is 0 Å². The Morgan fingerprint density at radius 1 is 1.06 bits per heavy atom. The summed E-state index contributed by atoms with van der Waals surface area (Å²) in [5.41, 5.74) is 3.85. The number of rotatable bonds is 2. The molecule has 3 rings (SSSR count). The van der Waals surface area contributed by atoms with Gasteiger partial charge in [-0.15, -0.1) is 0 Å². The summed E-state index contributed by atoms with van der Waals surface area (Å²) in [4.78, 5) is 0. The molecule has 1 aliphatic carbocycles. The standard InChI is InChI=1S/C15H17N2/c1-2-4-12(5-3-1)13-6-8-14(9-7-13)15-10-16-17-11-15/h4,6-12H,1-3,5H2,(H,16,17). The predicted octanol–water partition coefficient (Wildman–Crippen LogP) is 3.94. The Balaban J connectivity index is 1.80. The van der Waals surface area contributed by atoms with Crippen molar-refractivity contribution in [1.29, 1.82) is 0 Å². The van der Waals surface area contributed by atoms with Crippen molar-refractivity contribution in [2.24, 2.45) is 0 Å². The van der Waals surface area contributed by atoms with Crippen molar-refractivity contribution >= 4 is 0 Å². The summed E-state index contributed by atoms with van der Waals surface area (Å²) in [6.45, 7) is 0. The van der Waals surface area contributed by atoms with Gasteiger partial charge in [0.15, 0.2) is 0 Å². The second-order valence-corrected chi connectivity index (χ2v) is 4.74. The third-order valence-electron chi connectivity index (χ3n) is 3.59. The number of benzene rings is 1. The number of hydrogen-bond acceptors (Lipinski definition) is 1. The molecule has 1 atom stereocenters. The Kier molecular flexibility index (Phi) is 2.95. The van der Waals surface area contributed by atoms with Gasteiger partial charge < -0.3 is 0 Å². The van der Waals surface area contributed by atoms with Crippen molar-refractivity contribution in [1.82, 2.24) is 10.2 Å². The van der Waals surface area contributed by atoms with E-state index in [1.807, 2.05) is 12.4 Å². The zero-order chi connectivity index (χ0) is 11.5. The zero-order valence-corrected chi connectivity index (χ0v) is 9.89. The molecule has 1 aliphatic rings. The molecule has 0 aliphatic heterocycles. The monoisotopic (exact) mass is 225 g/mol. The van der Waals surface area contributed by atoms with Gasteiger partial charge in [-0.3, -0.25) is 5.10 Å². The summed E-state index contributed by atoms with van der Waals surface area (Å²) < 4.78 is 0. The van der Waals surface area contributed by atoms with Gasteiger partial charge in [0, 0.05) is 11.8 Å². The molecule has 17 heavy (non-hydrogen) atoms. The SMILES string of the molecule is [CH]1CCCCC1c1ccc(-c2cn[nH]c2)cc1. The summed E-state index contributed by atoms with van der Waals surface area (Å²) in [6, 6.07) is 8.91. The molecular formula is C15H17N2. The molecule has 1 fully saturated rings. The molecule has 1 unspecified atom stereocenters. The van der Waals surface area contributed by atoms with Crippen LogP contribution >= 0.6 is 0 Å². The van der Waals surface area contributed by atoms with Crippen LogP contribution in [0.1, 0.15) is 37.2 Å². The highest BCUT2D eigenvalue weighted by molar-refractivity contribution is 5.61. The van der Waals surface area contributed by atoms with E-state index in [0.29, 0.717) is 5.92 Å². The maximum Gasteiger partial charge on any atom is 0.0565 e. The Morgan fingerprint density at radius 2 is 1.94 bits per heavy atom. The first kappa shape index (κ1) is 10.6. The van der Waals surface area contributed by atoms with Crippen LogP contribution in [0.15, 0.2) is 36.7 Å². The fourth-order valence-electron chi connectivity index (χ4n) is 2.58. The molecule has 1 heterocycles. The lowest BCUT2D eigenvalue weighted by atomic mass is 9.84. The molecule has 1 radical (unpaired) electrons. The van der Waals surface area contributed by atoms with Gasteiger partial charge in [0.25, 0.3) is 0 Å². The van der Waals surface area contributed by atoms with E-state index in [0.717, 1.165) is 5.56 Å². The first-order valence-corrected chi connectivity index (χ1v) is 6.36. The van der Waals surface area contributed by atoms with E-state index in [1.54, 1.807) is 0 Å². The predicted molar refractivity (Wildman–Crippen MR) is 69.5 cm³/mol. The van der Waals surface area contributed by atoms with Crippen LogP contribution in [-0.4, -0.2) is 10.2 Å². The molecule has 0 amide bonds. The van der Waals surface area contributed by atoms with Gasteiger partial charge in [-0.05, 0) is 36.3 Å². The molecule has 0 spiro atoms. The largest absolute Gasteiger partial charge is 0.285 e. The third kappa shape index (κ3) is 2.26. The molecule has 87 valence electrons. The number of aromatic nitrogens is 2. The van der Waals surface area contributed by atoms with Gasteiger partial charge >= 0.3 is 0 Å². The minimum Gasteiger partial charge on any atom is -0.285 e. The molecule has 2 heteroatoms. The van der Waals surface area contributed by atoms with Gasteiger partial charge in [-0.2, -0.15) is 5.10 Å². The summed E-state index contributed by atoms with van der Waals surface area (Å²) in [5.74, 6) is 0.669. The van der Waals surface area contributed by atoms with E-state index < -0.39 is 0 Å². The van der Waals surface area contributed by atoms with E-state index in [4.69, 9.17) is 0 Å². The topological polar surface area (TPSA) is 28.7 Å². The average molecular weight is 225 g/mol. The number of H-pyrrole nitrogens is 1. The minimum absolute atomic E-state index is 0.669. The van der Waals surface area contributed by atoms with Crippen LogP contribution in [0.3, 0.4) is 0 Å². The first-order chi connectivity index (χ1) is 8.43. The molecule has 1 N–H and O–H groups in total. The molecule has 0 saturated heterocycles. The fraction of sp³-hybridized carbons (Fsp3) is 0.333. The van der Waals surface area contributed by atoms with E-state index in [-0.39, 0.29) is 0 Å². The van der Waals surface area contributed by atoms with Crippen molar-refractivity contribution in [3.63, 3.8) is 0 Å². The highest BCUT2D eigenvalue weighted by atomic mass is 15.1. The van der Waals surface area contributed by atoms with Crippen LogP contribution < -0.4 is 0 Å². The maximum atomic E-state index is 3.98. The van der Waals surface area contributed by atoms with Crippen molar-refractivity contribution in [2.75, 3.05) is 0 Å². The third-order valence-corrected chi connectivity index (χ3v) is 3.59. The minimum atomic E-state index is 0.669. The number of hydrogen-bond donors (Lipinski definition) is 1. The van der Waals surface area contributed by atoms with Crippen LogP contribution in [0.4, 0.5) is 0 Å². The lowest BCUT2D eigenvalue weighted by Crippen LogP contribution is -2.04. The van der Waals surface area contributed by atoms with Crippen molar-refractivity contribution in [2.45, 2.75) is 31.6 Å². The molecular weight excluding hydrogens is 208 g/mol. The quantitative estimate of drug-likeness (QED) is 0.824. The fourth-order valence-corrected chi connectivity index (χ4v) is 2.58.